The molecule has 0 saturated heterocycles. The molecule has 0 fully saturated rings. The van der Waals surface area contributed by atoms with Crippen LogP contribution in [0.2, 0.25) is 0 Å². The van der Waals surface area contributed by atoms with Gasteiger partial charge < -0.3 is 21.5 Å². The number of hydrogen-bond acceptors (Lipinski definition) is 6. The van der Waals surface area contributed by atoms with Crippen LogP contribution >= 0.6 is 11.3 Å². The molecule has 0 unspecified atom stereocenters. The first kappa shape index (κ1) is 22.4. The molecule has 0 spiro atoms. The number of nitrogens with two attached hydrogens (primary N) is 1. The second-order valence-electron chi connectivity index (χ2n) is 6.98. The molecule has 0 aliphatic carbocycles. The van der Waals surface area contributed by atoms with E-state index in [-0.39, 0.29) is 19.4 Å². The minimum Gasteiger partial charge on any atom is -0.383 e. The summed E-state index contributed by atoms with van der Waals surface area (Å²) < 4.78 is 13.6. The Hall–Kier alpha value is -3.30. The summed E-state index contributed by atoms with van der Waals surface area (Å²) in [5.41, 5.74) is 6.93. The van der Waals surface area contributed by atoms with Gasteiger partial charge in [-0.3, -0.25) is 9.59 Å². The van der Waals surface area contributed by atoms with Crippen LogP contribution in [0.3, 0.4) is 0 Å². The molecule has 31 heavy (non-hydrogen) atoms. The molecule has 0 saturated carbocycles. The van der Waals surface area contributed by atoms with Crippen LogP contribution in [0.5, 0.6) is 0 Å². The Labute approximate surface area is 183 Å². The zero-order chi connectivity index (χ0) is 22.2. The van der Waals surface area contributed by atoms with Crippen molar-refractivity contribution >= 4 is 28.3 Å². The summed E-state index contributed by atoms with van der Waals surface area (Å²) >= 11 is 1.24. The lowest BCUT2D eigenvalue weighted by molar-refractivity contribution is -0.134. The Bertz CT molecular complexity index is 1030. The molecular weight excluding hydrogens is 419 g/mol. The standard InChI is InChI=1S/C22H23FN4O3S/c23-16-8-4-7-15(9-16)10-18(20(29)25-12-17-13-26-22(24)31-17)27-21(30)19(28)11-14-5-2-1-3-6-14/h1-9,13,18-19,28H,10-12H2,(H2,24,26)(H,25,29)(H,27,30)/t18-,19+/m0/s1. The van der Waals surface area contributed by atoms with Crippen LogP contribution < -0.4 is 16.4 Å². The number of aliphatic hydroxyl groups excluding tert-OH is 1. The Kier molecular flexibility index (Phi) is 7.69. The molecule has 2 amide bonds. The van der Waals surface area contributed by atoms with E-state index in [2.05, 4.69) is 15.6 Å². The van der Waals surface area contributed by atoms with Gasteiger partial charge in [0.15, 0.2) is 5.13 Å². The molecule has 0 radical (unpaired) electrons. The van der Waals surface area contributed by atoms with Crippen molar-refractivity contribution in [2.24, 2.45) is 0 Å². The molecule has 5 N–H and O–H groups in total. The molecule has 9 heteroatoms. The Balaban J connectivity index is 1.67. The van der Waals surface area contributed by atoms with Crippen molar-refractivity contribution in [1.29, 1.82) is 0 Å². The first-order valence-electron chi connectivity index (χ1n) is 9.65. The monoisotopic (exact) mass is 442 g/mol. The van der Waals surface area contributed by atoms with Crippen molar-refractivity contribution in [3.8, 4) is 0 Å². The fourth-order valence-electron chi connectivity index (χ4n) is 3.01. The highest BCUT2D eigenvalue weighted by atomic mass is 32.1. The molecule has 3 aromatic rings. The lowest BCUT2D eigenvalue weighted by atomic mass is 10.0. The number of aliphatic hydroxyl groups is 1. The first-order chi connectivity index (χ1) is 14.9. The van der Waals surface area contributed by atoms with Gasteiger partial charge in [0.25, 0.3) is 0 Å². The number of rotatable bonds is 9. The molecule has 1 heterocycles. The molecule has 162 valence electrons. The van der Waals surface area contributed by atoms with Crippen molar-refractivity contribution in [2.45, 2.75) is 31.5 Å². The second kappa shape index (κ2) is 10.6. The predicted molar refractivity (Wildman–Crippen MR) is 117 cm³/mol. The van der Waals surface area contributed by atoms with Gasteiger partial charge in [-0.25, -0.2) is 9.37 Å². The van der Waals surface area contributed by atoms with Gasteiger partial charge in [0.1, 0.15) is 18.0 Å². The quantitative estimate of drug-likeness (QED) is 0.403. The van der Waals surface area contributed by atoms with Crippen LogP contribution in [0.25, 0.3) is 0 Å². The van der Waals surface area contributed by atoms with Gasteiger partial charge in [-0.15, -0.1) is 11.3 Å². The van der Waals surface area contributed by atoms with E-state index in [1.807, 2.05) is 18.2 Å². The summed E-state index contributed by atoms with van der Waals surface area (Å²) in [6.45, 7) is 0.190. The second-order valence-corrected chi connectivity index (χ2v) is 8.13. The Morgan fingerprint density at radius 2 is 1.81 bits per heavy atom. The average Bonchev–Trinajstić information content (AvgIpc) is 3.17. The van der Waals surface area contributed by atoms with Crippen LogP contribution in [0.15, 0.2) is 60.8 Å². The molecule has 0 aliphatic rings. The van der Waals surface area contributed by atoms with Crippen LogP contribution in [-0.2, 0) is 29.0 Å². The highest BCUT2D eigenvalue weighted by molar-refractivity contribution is 7.15. The van der Waals surface area contributed by atoms with Crippen LogP contribution in [-0.4, -0.2) is 34.1 Å². The maximum Gasteiger partial charge on any atom is 0.249 e. The summed E-state index contributed by atoms with van der Waals surface area (Å²) in [5, 5.41) is 16.0. The van der Waals surface area contributed by atoms with Gasteiger partial charge in [-0.1, -0.05) is 42.5 Å². The van der Waals surface area contributed by atoms with E-state index in [4.69, 9.17) is 5.73 Å². The third-order valence-corrected chi connectivity index (χ3v) is 5.37. The molecule has 2 atom stereocenters. The van der Waals surface area contributed by atoms with E-state index in [1.165, 1.54) is 29.5 Å². The molecule has 2 aromatic carbocycles. The van der Waals surface area contributed by atoms with Crippen LogP contribution in [0, 0.1) is 5.82 Å². The number of carbonyl (C=O) groups is 2. The Morgan fingerprint density at radius 3 is 2.48 bits per heavy atom. The summed E-state index contributed by atoms with van der Waals surface area (Å²) in [5.74, 6) is -1.58. The third kappa shape index (κ3) is 6.87. The Morgan fingerprint density at radius 1 is 1.06 bits per heavy atom. The molecule has 0 bridgehead atoms. The van der Waals surface area contributed by atoms with Crippen molar-refractivity contribution in [3.05, 3.63) is 82.6 Å². The number of nitrogens with one attached hydrogen (secondary N) is 2. The lowest BCUT2D eigenvalue weighted by Crippen LogP contribution is -2.51. The molecular formula is C22H23FN4O3S. The topological polar surface area (TPSA) is 117 Å². The minimum absolute atomic E-state index is 0.0677. The van der Waals surface area contributed by atoms with E-state index in [9.17, 15) is 19.1 Å². The molecule has 7 nitrogen and oxygen atoms in total. The van der Waals surface area contributed by atoms with Gasteiger partial charge in [-0.05, 0) is 23.3 Å². The number of nitrogen functional groups attached to an aromatic ring is 1. The SMILES string of the molecule is Nc1ncc(CNC(=O)[C@H](Cc2cccc(F)c2)NC(=O)[C@H](O)Cc2ccccc2)s1. The van der Waals surface area contributed by atoms with E-state index >= 15 is 0 Å². The summed E-state index contributed by atoms with van der Waals surface area (Å²) in [6, 6.07) is 13.9. The zero-order valence-electron chi connectivity index (χ0n) is 16.6. The van der Waals surface area contributed by atoms with Crippen molar-refractivity contribution < 1.29 is 19.1 Å². The smallest absolute Gasteiger partial charge is 0.249 e. The number of benzene rings is 2. The summed E-state index contributed by atoms with van der Waals surface area (Å²) in [4.78, 5) is 30.0. The van der Waals surface area contributed by atoms with E-state index in [1.54, 1.807) is 24.4 Å². The first-order valence-corrected chi connectivity index (χ1v) is 10.5. The molecule has 1 aromatic heterocycles. The van der Waals surface area contributed by atoms with Gasteiger partial charge >= 0.3 is 0 Å². The summed E-state index contributed by atoms with van der Waals surface area (Å²) in [7, 11) is 0. The van der Waals surface area contributed by atoms with E-state index in [0.717, 1.165) is 10.4 Å². The van der Waals surface area contributed by atoms with E-state index < -0.39 is 29.8 Å². The zero-order valence-corrected chi connectivity index (χ0v) is 17.4. The molecule has 3 rings (SSSR count). The van der Waals surface area contributed by atoms with Crippen LogP contribution in [0.4, 0.5) is 9.52 Å². The predicted octanol–water partition coefficient (Wildman–Crippen LogP) is 1.81. The maximum atomic E-state index is 13.6. The highest BCUT2D eigenvalue weighted by Crippen LogP contribution is 2.14. The van der Waals surface area contributed by atoms with Gasteiger partial charge in [0.05, 0.1) is 6.54 Å². The summed E-state index contributed by atoms with van der Waals surface area (Å²) in [6.07, 6.45) is 0.412. The third-order valence-electron chi connectivity index (χ3n) is 4.54. The number of amides is 2. The van der Waals surface area contributed by atoms with Gasteiger partial charge in [0.2, 0.25) is 11.8 Å². The maximum absolute atomic E-state index is 13.6. The van der Waals surface area contributed by atoms with Gasteiger partial charge in [-0.2, -0.15) is 0 Å². The van der Waals surface area contributed by atoms with Crippen molar-refractivity contribution in [3.63, 3.8) is 0 Å². The fourth-order valence-corrected chi connectivity index (χ4v) is 3.63. The normalized spacial score (nSPS) is 12.7. The number of aromatic nitrogens is 1. The largest absolute Gasteiger partial charge is 0.383 e. The van der Waals surface area contributed by atoms with Crippen molar-refractivity contribution in [2.75, 3.05) is 5.73 Å². The lowest BCUT2D eigenvalue weighted by Gasteiger charge is -2.20. The fraction of sp³-hybridized carbons (Fsp3) is 0.227. The average molecular weight is 443 g/mol. The van der Waals surface area contributed by atoms with Gasteiger partial charge in [0, 0.05) is 23.9 Å². The highest BCUT2D eigenvalue weighted by Gasteiger charge is 2.25. The number of nitrogens with zero attached hydrogens (tertiary/aromatic N) is 1. The number of thiazole rings is 1. The van der Waals surface area contributed by atoms with Crippen LogP contribution in [0.1, 0.15) is 16.0 Å². The number of halogens is 1. The number of hydrogen-bond donors (Lipinski definition) is 4. The number of anilines is 1. The minimum atomic E-state index is -1.33. The van der Waals surface area contributed by atoms with E-state index in [0.29, 0.717) is 10.7 Å². The van der Waals surface area contributed by atoms with Crippen molar-refractivity contribution in [1.82, 2.24) is 15.6 Å². The number of carbonyl (C=O) groups excluding carboxylic acids is 2. The molecule has 0 aliphatic heterocycles.